The lowest BCUT2D eigenvalue weighted by atomic mass is 9.96. The number of likely N-dealkylation sites (tertiary alicyclic amines) is 1. The van der Waals surface area contributed by atoms with E-state index >= 15 is 0 Å². The van der Waals surface area contributed by atoms with Gasteiger partial charge in [0.05, 0.1) is 0 Å². The van der Waals surface area contributed by atoms with Crippen LogP contribution in [0.25, 0.3) is 0 Å². The Hall–Kier alpha value is -1.89. The number of carbonyl (C=O) groups excluding carboxylic acids is 1. The number of piperidine rings is 1. The molecule has 1 fully saturated rings. The van der Waals surface area contributed by atoms with Crippen molar-refractivity contribution in [1.82, 2.24) is 14.9 Å². The number of nitrogens with two attached hydrogens (primary N) is 1. The normalized spacial score (nSPS) is 16.5. The van der Waals surface area contributed by atoms with Crippen LogP contribution in [0.2, 0.25) is 0 Å². The molecule has 0 bridgehead atoms. The fraction of sp³-hybridized carbons (Fsp3) is 0.667. The Morgan fingerprint density at radius 2 is 2.05 bits per heavy atom. The molecule has 1 saturated heterocycles. The Bertz CT molecular complexity index is 485. The molecule has 0 aromatic carbocycles. The number of amides is 1. The molecule has 0 radical (unpaired) electrons. The van der Waals surface area contributed by atoms with Crippen molar-refractivity contribution in [3.8, 4) is 0 Å². The van der Waals surface area contributed by atoms with Crippen molar-refractivity contribution < 1.29 is 4.79 Å². The number of aromatic nitrogens is 2. The van der Waals surface area contributed by atoms with E-state index in [1.54, 1.807) is 12.4 Å². The standard InChI is InChI=1S/C15H26N6O/c1-20(2)15-14(18-7-8-19-15)17-6-3-9-21-10-4-12(5-11-21)13(16)22/h7-8,12H,3-6,9-11H2,1-2H3,(H2,16,22)(H,17,18). The zero-order valence-corrected chi connectivity index (χ0v) is 13.5. The van der Waals surface area contributed by atoms with E-state index in [1.165, 1.54) is 0 Å². The van der Waals surface area contributed by atoms with Gasteiger partial charge < -0.3 is 20.9 Å². The first-order valence-electron chi connectivity index (χ1n) is 7.82. The van der Waals surface area contributed by atoms with Crippen LogP contribution in [0.4, 0.5) is 11.6 Å². The Kier molecular flexibility index (Phi) is 5.94. The summed E-state index contributed by atoms with van der Waals surface area (Å²) in [6.45, 7) is 3.80. The summed E-state index contributed by atoms with van der Waals surface area (Å²) in [5.41, 5.74) is 5.35. The third-order valence-corrected chi connectivity index (χ3v) is 4.04. The minimum Gasteiger partial charge on any atom is -0.369 e. The van der Waals surface area contributed by atoms with Gasteiger partial charge in [-0.05, 0) is 38.9 Å². The number of rotatable bonds is 7. The average molecular weight is 306 g/mol. The predicted octanol–water partition coefficient (Wildman–Crippen LogP) is 0.542. The fourth-order valence-corrected chi connectivity index (χ4v) is 2.73. The van der Waals surface area contributed by atoms with Crippen molar-refractivity contribution in [2.24, 2.45) is 11.7 Å². The van der Waals surface area contributed by atoms with Crippen LogP contribution < -0.4 is 16.0 Å². The van der Waals surface area contributed by atoms with Crippen LogP contribution in [-0.2, 0) is 4.79 Å². The average Bonchev–Trinajstić information content (AvgIpc) is 2.52. The summed E-state index contributed by atoms with van der Waals surface area (Å²) < 4.78 is 0. The zero-order valence-electron chi connectivity index (χ0n) is 13.5. The third kappa shape index (κ3) is 4.56. The topological polar surface area (TPSA) is 87.4 Å². The smallest absolute Gasteiger partial charge is 0.220 e. The molecule has 0 aliphatic carbocycles. The summed E-state index contributed by atoms with van der Waals surface area (Å²) in [5, 5.41) is 3.35. The lowest BCUT2D eigenvalue weighted by molar-refractivity contribution is -0.123. The number of hydrogen-bond donors (Lipinski definition) is 2. The van der Waals surface area contributed by atoms with E-state index in [0.717, 1.165) is 57.1 Å². The van der Waals surface area contributed by atoms with Gasteiger partial charge in [0.2, 0.25) is 5.91 Å². The fourth-order valence-electron chi connectivity index (χ4n) is 2.73. The lowest BCUT2D eigenvalue weighted by Gasteiger charge is -2.30. The van der Waals surface area contributed by atoms with Crippen LogP contribution in [-0.4, -0.2) is 61.0 Å². The molecular formula is C15H26N6O. The van der Waals surface area contributed by atoms with E-state index in [-0.39, 0.29) is 11.8 Å². The van der Waals surface area contributed by atoms with Crippen molar-refractivity contribution >= 4 is 17.5 Å². The molecule has 7 heteroatoms. The molecule has 1 aromatic heterocycles. The molecule has 7 nitrogen and oxygen atoms in total. The van der Waals surface area contributed by atoms with E-state index in [0.29, 0.717) is 0 Å². The van der Waals surface area contributed by atoms with E-state index < -0.39 is 0 Å². The summed E-state index contributed by atoms with van der Waals surface area (Å²) in [5.74, 6) is 1.58. The molecule has 22 heavy (non-hydrogen) atoms. The summed E-state index contributed by atoms with van der Waals surface area (Å²) in [6.07, 6.45) is 6.20. The first-order valence-corrected chi connectivity index (χ1v) is 7.82. The van der Waals surface area contributed by atoms with Gasteiger partial charge in [0.15, 0.2) is 11.6 Å². The molecule has 0 atom stereocenters. The predicted molar refractivity (Wildman–Crippen MR) is 87.8 cm³/mol. The highest BCUT2D eigenvalue weighted by molar-refractivity contribution is 5.76. The maximum absolute atomic E-state index is 11.1. The quantitative estimate of drug-likeness (QED) is 0.715. The molecule has 0 saturated carbocycles. The molecule has 3 N–H and O–H groups in total. The van der Waals surface area contributed by atoms with Crippen LogP contribution in [0.1, 0.15) is 19.3 Å². The molecule has 2 heterocycles. The minimum absolute atomic E-state index is 0.0663. The molecule has 1 aliphatic rings. The van der Waals surface area contributed by atoms with E-state index in [4.69, 9.17) is 5.73 Å². The molecule has 0 spiro atoms. The molecular weight excluding hydrogens is 280 g/mol. The Morgan fingerprint density at radius 1 is 1.36 bits per heavy atom. The van der Waals surface area contributed by atoms with E-state index in [9.17, 15) is 4.79 Å². The van der Waals surface area contributed by atoms with Gasteiger partial charge in [0.1, 0.15) is 0 Å². The van der Waals surface area contributed by atoms with Crippen LogP contribution >= 0.6 is 0 Å². The lowest BCUT2D eigenvalue weighted by Crippen LogP contribution is -2.39. The van der Waals surface area contributed by atoms with Gasteiger partial charge in [-0.15, -0.1) is 0 Å². The SMILES string of the molecule is CN(C)c1nccnc1NCCCN1CCC(C(N)=O)CC1. The van der Waals surface area contributed by atoms with Gasteiger partial charge in [-0.3, -0.25) is 4.79 Å². The highest BCUT2D eigenvalue weighted by atomic mass is 16.1. The monoisotopic (exact) mass is 306 g/mol. The van der Waals surface area contributed by atoms with Gasteiger partial charge in [0.25, 0.3) is 0 Å². The van der Waals surface area contributed by atoms with Crippen LogP contribution in [0, 0.1) is 5.92 Å². The molecule has 122 valence electrons. The van der Waals surface area contributed by atoms with Crippen molar-refractivity contribution in [2.45, 2.75) is 19.3 Å². The number of carbonyl (C=O) groups is 1. The van der Waals surface area contributed by atoms with E-state index in [1.807, 2.05) is 19.0 Å². The summed E-state index contributed by atoms with van der Waals surface area (Å²) in [7, 11) is 3.91. The van der Waals surface area contributed by atoms with Crippen LogP contribution in [0.3, 0.4) is 0 Å². The van der Waals surface area contributed by atoms with Crippen LogP contribution in [0.5, 0.6) is 0 Å². The highest BCUT2D eigenvalue weighted by Gasteiger charge is 2.22. The second-order valence-corrected chi connectivity index (χ2v) is 5.92. The van der Waals surface area contributed by atoms with Gasteiger partial charge >= 0.3 is 0 Å². The molecule has 1 amide bonds. The van der Waals surface area contributed by atoms with Gasteiger partial charge in [-0.1, -0.05) is 0 Å². The molecule has 1 aromatic rings. The van der Waals surface area contributed by atoms with Crippen molar-refractivity contribution in [3.05, 3.63) is 12.4 Å². The first kappa shape index (κ1) is 16.5. The maximum Gasteiger partial charge on any atom is 0.220 e. The maximum atomic E-state index is 11.1. The summed E-state index contributed by atoms with van der Waals surface area (Å²) >= 11 is 0. The number of nitrogens with one attached hydrogen (secondary N) is 1. The Labute approximate surface area is 131 Å². The Balaban J connectivity index is 1.69. The second kappa shape index (κ2) is 7.93. The van der Waals surface area contributed by atoms with Crippen molar-refractivity contribution in [3.63, 3.8) is 0 Å². The molecule has 1 aliphatic heterocycles. The van der Waals surface area contributed by atoms with Gasteiger partial charge in [0, 0.05) is 39.0 Å². The molecule has 2 rings (SSSR count). The summed E-state index contributed by atoms with van der Waals surface area (Å²) in [4.78, 5) is 24.1. The first-order chi connectivity index (χ1) is 10.6. The number of hydrogen-bond acceptors (Lipinski definition) is 6. The number of primary amides is 1. The van der Waals surface area contributed by atoms with Gasteiger partial charge in [-0.25, -0.2) is 9.97 Å². The van der Waals surface area contributed by atoms with Crippen molar-refractivity contribution in [1.29, 1.82) is 0 Å². The zero-order chi connectivity index (χ0) is 15.9. The third-order valence-electron chi connectivity index (χ3n) is 4.04. The highest BCUT2D eigenvalue weighted by Crippen LogP contribution is 2.18. The van der Waals surface area contributed by atoms with Crippen molar-refractivity contribution in [2.75, 3.05) is 50.5 Å². The van der Waals surface area contributed by atoms with E-state index in [2.05, 4.69) is 20.2 Å². The molecule has 0 unspecified atom stereocenters. The largest absolute Gasteiger partial charge is 0.369 e. The number of nitrogens with zero attached hydrogens (tertiary/aromatic N) is 4. The second-order valence-electron chi connectivity index (χ2n) is 5.92. The van der Waals surface area contributed by atoms with Gasteiger partial charge in [-0.2, -0.15) is 0 Å². The minimum atomic E-state index is -0.153. The summed E-state index contributed by atoms with van der Waals surface area (Å²) in [6, 6.07) is 0. The Morgan fingerprint density at radius 3 is 2.68 bits per heavy atom. The number of anilines is 2. The van der Waals surface area contributed by atoms with Crippen LogP contribution in [0.15, 0.2) is 12.4 Å².